The molecule has 1 aromatic carbocycles. The Morgan fingerprint density at radius 1 is 1.35 bits per heavy atom. The van der Waals surface area contributed by atoms with E-state index in [1.165, 1.54) is 11.8 Å². The van der Waals surface area contributed by atoms with Crippen molar-refractivity contribution in [3.63, 3.8) is 0 Å². The highest BCUT2D eigenvalue weighted by Crippen LogP contribution is 2.27. The van der Waals surface area contributed by atoms with Crippen LogP contribution < -0.4 is 14.8 Å². The SMILES string of the molecule is CC(C)(CNCC1Cc2ccccc2O1)NS(C)(=O)=O. The normalized spacial score (nSPS) is 18.6. The van der Waals surface area contributed by atoms with Gasteiger partial charge in [0.2, 0.25) is 10.0 Å². The quantitative estimate of drug-likeness (QED) is 0.819. The Bertz CT molecular complexity index is 545. The molecule has 2 rings (SSSR count). The molecule has 0 saturated heterocycles. The summed E-state index contributed by atoms with van der Waals surface area (Å²) < 4.78 is 30.9. The van der Waals surface area contributed by atoms with Gasteiger partial charge in [0.25, 0.3) is 0 Å². The molecule has 0 amide bonds. The van der Waals surface area contributed by atoms with Crippen molar-refractivity contribution in [3.05, 3.63) is 29.8 Å². The van der Waals surface area contributed by atoms with Crippen molar-refractivity contribution < 1.29 is 13.2 Å². The molecule has 0 spiro atoms. The molecule has 0 radical (unpaired) electrons. The molecular formula is C14H22N2O3S. The number of hydrogen-bond acceptors (Lipinski definition) is 4. The fraction of sp³-hybridized carbons (Fsp3) is 0.571. The van der Waals surface area contributed by atoms with Crippen molar-refractivity contribution in [3.8, 4) is 5.75 Å². The van der Waals surface area contributed by atoms with Crippen LogP contribution in [0.5, 0.6) is 5.75 Å². The molecule has 20 heavy (non-hydrogen) atoms. The minimum absolute atomic E-state index is 0.112. The van der Waals surface area contributed by atoms with Crippen molar-refractivity contribution in [1.82, 2.24) is 10.0 Å². The summed E-state index contributed by atoms with van der Waals surface area (Å²) >= 11 is 0. The van der Waals surface area contributed by atoms with Crippen LogP contribution in [0.4, 0.5) is 0 Å². The molecule has 1 aromatic rings. The van der Waals surface area contributed by atoms with Gasteiger partial charge in [0, 0.05) is 25.0 Å². The molecule has 112 valence electrons. The smallest absolute Gasteiger partial charge is 0.209 e. The van der Waals surface area contributed by atoms with E-state index in [0.717, 1.165) is 12.2 Å². The number of benzene rings is 1. The van der Waals surface area contributed by atoms with Gasteiger partial charge >= 0.3 is 0 Å². The number of rotatable bonds is 6. The lowest BCUT2D eigenvalue weighted by Crippen LogP contribution is -2.51. The molecule has 0 fully saturated rings. The van der Waals surface area contributed by atoms with Crippen LogP contribution in [0.25, 0.3) is 0 Å². The summed E-state index contributed by atoms with van der Waals surface area (Å²) in [7, 11) is -3.20. The molecule has 1 heterocycles. The van der Waals surface area contributed by atoms with E-state index >= 15 is 0 Å². The number of para-hydroxylation sites is 1. The summed E-state index contributed by atoms with van der Waals surface area (Å²) in [6.07, 6.45) is 2.18. The van der Waals surface area contributed by atoms with Crippen molar-refractivity contribution in [2.75, 3.05) is 19.3 Å². The molecule has 5 nitrogen and oxygen atoms in total. The maximum absolute atomic E-state index is 11.3. The van der Waals surface area contributed by atoms with Crippen LogP contribution in [0.15, 0.2) is 24.3 Å². The fourth-order valence-corrected chi connectivity index (χ4v) is 3.53. The van der Waals surface area contributed by atoms with E-state index in [1.54, 1.807) is 0 Å². The third kappa shape index (κ3) is 4.47. The molecular weight excluding hydrogens is 276 g/mol. The van der Waals surface area contributed by atoms with Crippen LogP contribution in [-0.4, -0.2) is 39.4 Å². The van der Waals surface area contributed by atoms with Crippen LogP contribution in [-0.2, 0) is 16.4 Å². The highest BCUT2D eigenvalue weighted by atomic mass is 32.2. The van der Waals surface area contributed by atoms with Gasteiger partial charge in [-0.05, 0) is 25.5 Å². The molecule has 0 bridgehead atoms. The third-order valence-electron chi connectivity index (χ3n) is 3.11. The van der Waals surface area contributed by atoms with Crippen molar-refractivity contribution >= 4 is 10.0 Å². The summed E-state index contributed by atoms with van der Waals surface area (Å²) in [5, 5.41) is 3.27. The second-order valence-electron chi connectivity index (χ2n) is 5.94. The van der Waals surface area contributed by atoms with Gasteiger partial charge in [0.1, 0.15) is 11.9 Å². The Labute approximate surface area is 120 Å². The van der Waals surface area contributed by atoms with Crippen LogP contribution in [0.2, 0.25) is 0 Å². The van der Waals surface area contributed by atoms with E-state index in [1.807, 2.05) is 32.0 Å². The lowest BCUT2D eigenvalue weighted by Gasteiger charge is -2.26. The molecule has 0 aromatic heterocycles. The van der Waals surface area contributed by atoms with Crippen molar-refractivity contribution in [2.45, 2.75) is 31.9 Å². The van der Waals surface area contributed by atoms with Crippen molar-refractivity contribution in [2.24, 2.45) is 0 Å². The van der Waals surface area contributed by atoms with Gasteiger partial charge in [-0.2, -0.15) is 0 Å². The number of nitrogens with one attached hydrogen (secondary N) is 2. The maximum Gasteiger partial charge on any atom is 0.209 e. The largest absolute Gasteiger partial charge is 0.488 e. The minimum Gasteiger partial charge on any atom is -0.488 e. The molecule has 1 atom stereocenters. The average molecular weight is 298 g/mol. The Morgan fingerprint density at radius 3 is 2.70 bits per heavy atom. The Balaban J connectivity index is 1.78. The zero-order valence-corrected chi connectivity index (χ0v) is 13.0. The lowest BCUT2D eigenvalue weighted by atomic mass is 10.1. The van der Waals surface area contributed by atoms with Gasteiger partial charge in [-0.25, -0.2) is 13.1 Å². The molecule has 1 unspecified atom stereocenters. The second-order valence-corrected chi connectivity index (χ2v) is 7.69. The Hall–Kier alpha value is -1.11. The van der Waals surface area contributed by atoms with E-state index in [9.17, 15) is 8.42 Å². The fourth-order valence-electron chi connectivity index (χ4n) is 2.45. The predicted molar refractivity (Wildman–Crippen MR) is 79.5 cm³/mol. The molecule has 0 saturated carbocycles. The number of hydrogen-bond donors (Lipinski definition) is 2. The lowest BCUT2D eigenvalue weighted by molar-refractivity contribution is 0.223. The first-order valence-electron chi connectivity index (χ1n) is 6.69. The highest BCUT2D eigenvalue weighted by Gasteiger charge is 2.25. The molecule has 2 N–H and O–H groups in total. The molecule has 1 aliphatic rings. The number of fused-ring (bicyclic) bond motifs is 1. The monoisotopic (exact) mass is 298 g/mol. The van der Waals surface area contributed by atoms with Crippen molar-refractivity contribution in [1.29, 1.82) is 0 Å². The number of sulfonamides is 1. The molecule has 1 aliphatic heterocycles. The first-order valence-corrected chi connectivity index (χ1v) is 8.59. The van der Waals surface area contributed by atoms with E-state index in [0.29, 0.717) is 13.1 Å². The van der Waals surface area contributed by atoms with E-state index < -0.39 is 15.6 Å². The zero-order chi connectivity index (χ0) is 14.8. The second kappa shape index (κ2) is 5.71. The van der Waals surface area contributed by atoms with Gasteiger partial charge in [0.15, 0.2) is 0 Å². The summed E-state index contributed by atoms with van der Waals surface area (Å²) in [4.78, 5) is 0. The third-order valence-corrected chi connectivity index (χ3v) is 4.04. The van der Waals surface area contributed by atoms with Crippen LogP contribution in [0.3, 0.4) is 0 Å². The average Bonchev–Trinajstić information content (AvgIpc) is 2.67. The summed E-state index contributed by atoms with van der Waals surface area (Å²) in [5.41, 5.74) is 0.715. The van der Waals surface area contributed by atoms with Gasteiger partial charge in [0.05, 0.1) is 6.26 Å². The van der Waals surface area contributed by atoms with E-state index in [-0.39, 0.29) is 6.10 Å². The van der Waals surface area contributed by atoms with Crippen LogP contribution >= 0.6 is 0 Å². The molecule has 0 aliphatic carbocycles. The van der Waals surface area contributed by atoms with Crippen LogP contribution in [0, 0.1) is 0 Å². The van der Waals surface area contributed by atoms with E-state index in [2.05, 4.69) is 16.1 Å². The first-order chi connectivity index (χ1) is 9.25. The summed E-state index contributed by atoms with van der Waals surface area (Å²) in [6.45, 7) is 4.95. The van der Waals surface area contributed by atoms with Gasteiger partial charge in [-0.3, -0.25) is 0 Å². The molecule has 6 heteroatoms. The standard InChI is InChI=1S/C14H22N2O3S/c1-14(2,16-20(3,17)18)10-15-9-12-8-11-6-4-5-7-13(11)19-12/h4-7,12,15-16H,8-10H2,1-3H3. The Morgan fingerprint density at radius 2 is 2.05 bits per heavy atom. The van der Waals surface area contributed by atoms with Gasteiger partial charge in [-0.15, -0.1) is 0 Å². The van der Waals surface area contributed by atoms with Crippen LogP contribution in [0.1, 0.15) is 19.4 Å². The van der Waals surface area contributed by atoms with Gasteiger partial charge < -0.3 is 10.1 Å². The zero-order valence-electron chi connectivity index (χ0n) is 12.1. The topological polar surface area (TPSA) is 67.4 Å². The first kappa shape index (κ1) is 15.3. The summed E-state index contributed by atoms with van der Waals surface area (Å²) in [5.74, 6) is 0.952. The minimum atomic E-state index is -3.20. The number of ether oxygens (including phenoxy) is 1. The summed E-state index contributed by atoms with van der Waals surface area (Å²) in [6, 6.07) is 8.03. The Kier molecular flexibility index (Phi) is 4.36. The van der Waals surface area contributed by atoms with E-state index in [4.69, 9.17) is 4.74 Å². The highest BCUT2D eigenvalue weighted by molar-refractivity contribution is 7.88. The predicted octanol–water partition coefficient (Wildman–Crippen LogP) is 0.908. The van der Waals surface area contributed by atoms with Gasteiger partial charge in [-0.1, -0.05) is 18.2 Å². The maximum atomic E-state index is 11.3.